The monoisotopic (exact) mass is 295 g/mol. The lowest BCUT2D eigenvalue weighted by Crippen LogP contribution is -2.29. The first-order valence-corrected chi connectivity index (χ1v) is 7.96. The van der Waals surface area contributed by atoms with Gasteiger partial charge in [-0.3, -0.25) is 0 Å². The van der Waals surface area contributed by atoms with Gasteiger partial charge in [0, 0.05) is 17.0 Å². The Balaban J connectivity index is 2.21. The third-order valence-corrected chi connectivity index (χ3v) is 5.26. The highest BCUT2D eigenvalue weighted by molar-refractivity contribution is 8.00. The second-order valence-corrected chi connectivity index (χ2v) is 7.55. The summed E-state index contributed by atoms with van der Waals surface area (Å²) in [7, 11) is 0. The van der Waals surface area contributed by atoms with Gasteiger partial charge in [0.05, 0.1) is 5.56 Å². The summed E-state index contributed by atoms with van der Waals surface area (Å²) in [6.45, 7) is 7.23. The van der Waals surface area contributed by atoms with E-state index in [9.17, 15) is 0 Å². The summed E-state index contributed by atoms with van der Waals surface area (Å²) in [6, 6.07) is 2.02. The molecule has 3 nitrogen and oxygen atoms in total. The van der Waals surface area contributed by atoms with E-state index in [0.717, 1.165) is 29.2 Å². The number of nitrogens with two attached hydrogens (primary N) is 1. The smallest absolute Gasteiger partial charge is 0.136 e. The highest BCUT2D eigenvalue weighted by Crippen LogP contribution is 2.37. The Hall–Kier alpha value is -0.810. The third-order valence-electron chi connectivity index (χ3n) is 3.52. The molecule has 1 unspecified atom stereocenters. The van der Waals surface area contributed by atoms with Gasteiger partial charge in [0.25, 0.3) is 0 Å². The quantitative estimate of drug-likeness (QED) is 0.836. The van der Waals surface area contributed by atoms with Gasteiger partial charge in [-0.05, 0) is 51.0 Å². The molecule has 1 aromatic rings. The molecule has 1 aliphatic heterocycles. The van der Waals surface area contributed by atoms with E-state index in [1.807, 2.05) is 31.7 Å². The maximum Gasteiger partial charge on any atom is 0.136 e. The lowest BCUT2D eigenvalue weighted by Gasteiger charge is -2.24. The van der Waals surface area contributed by atoms with Gasteiger partial charge in [-0.15, -0.1) is 0 Å². The average Bonchev–Trinajstić information content (AvgIpc) is 2.72. The van der Waals surface area contributed by atoms with E-state index in [2.05, 4.69) is 17.2 Å². The molecule has 19 heavy (non-hydrogen) atoms. The second kappa shape index (κ2) is 5.67. The van der Waals surface area contributed by atoms with Gasteiger partial charge in [0.15, 0.2) is 0 Å². The zero-order chi connectivity index (χ0) is 14.0. The van der Waals surface area contributed by atoms with Crippen molar-refractivity contribution < 1.29 is 0 Å². The molecule has 2 rings (SSSR count). The number of anilines is 1. The van der Waals surface area contributed by atoms with Gasteiger partial charge < -0.3 is 11.1 Å². The first-order chi connectivity index (χ1) is 8.91. The van der Waals surface area contributed by atoms with Gasteiger partial charge in [0.1, 0.15) is 10.8 Å². The molecule has 1 aromatic heterocycles. The molecular weight excluding hydrogens is 274 g/mol. The molecule has 0 spiro atoms. The number of rotatable bonds is 4. The number of nitrogens with one attached hydrogen (secondary N) is 1. The van der Waals surface area contributed by atoms with E-state index in [1.54, 1.807) is 0 Å². The Kier molecular flexibility index (Phi) is 4.36. The molecule has 0 bridgehead atoms. The predicted molar refractivity (Wildman–Crippen MR) is 88.2 cm³/mol. The minimum atomic E-state index is 0.298. The molecule has 0 saturated carbocycles. The summed E-state index contributed by atoms with van der Waals surface area (Å²) < 4.78 is 0.298. The lowest BCUT2D eigenvalue weighted by atomic mass is 10.1. The van der Waals surface area contributed by atoms with Crippen molar-refractivity contribution in [3.8, 4) is 0 Å². The molecule has 1 saturated heterocycles. The van der Waals surface area contributed by atoms with Gasteiger partial charge in [-0.2, -0.15) is 11.8 Å². The zero-order valence-electron chi connectivity index (χ0n) is 11.7. The van der Waals surface area contributed by atoms with Crippen molar-refractivity contribution in [2.24, 2.45) is 5.73 Å². The van der Waals surface area contributed by atoms with Crippen LogP contribution in [-0.4, -0.2) is 27.0 Å². The van der Waals surface area contributed by atoms with Crippen LogP contribution < -0.4 is 11.1 Å². The second-order valence-electron chi connectivity index (χ2n) is 5.42. The van der Waals surface area contributed by atoms with Gasteiger partial charge in [-0.1, -0.05) is 12.2 Å². The summed E-state index contributed by atoms with van der Waals surface area (Å²) >= 11 is 7.18. The number of hydrogen-bond acceptors (Lipinski definition) is 4. The lowest BCUT2D eigenvalue weighted by molar-refractivity contribution is 0.633. The van der Waals surface area contributed by atoms with Gasteiger partial charge in [-0.25, -0.2) is 4.98 Å². The summed E-state index contributed by atoms with van der Waals surface area (Å²) in [5, 5.41) is 3.46. The standard InChI is InChI=1S/C14H21N3S2/c1-9-7-10(2)17-13(11(9)12(15)18)16-8-14(3)5-4-6-19-14/h7H,4-6,8H2,1-3H3,(H2,15,18)(H,16,17). The van der Waals surface area contributed by atoms with Crippen molar-refractivity contribution in [1.29, 1.82) is 0 Å². The fourth-order valence-corrected chi connectivity index (χ4v) is 4.02. The van der Waals surface area contributed by atoms with Crippen molar-refractivity contribution in [1.82, 2.24) is 4.98 Å². The minimum Gasteiger partial charge on any atom is -0.389 e. The van der Waals surface area contributed by atoms with Crippen LogP contribution in [0.3, 0.4) is 0 Å². The van der Waals surface area contributed by atoms with Crippen molar-refractivity contribution >= 4 is 34.8 Å². The van der Waals surface area contributed by atoms with Crippen molar-refractivity contribution in [2.45, 2.75) is 38.4 Å². The van der Waals surface area contributed by atoms with Crippen LogP contribution in [0.5, 0.6) is 0 Å². The first-order valence-electron chi connectivity index (χ1n) is 6.57. The molecule has 0 aliphatic carbocycles. The number of hydrogen-bond donors (Lipinski definition) is 2. The fourth-order valence-electron chi connectivity index (χ4n) is 2.52. The number of aromatic nitrogens is 1. The van der Waals surface area contributed by atoms with E-state index in [-0.39, 0.29) is 0 Å². The normalized spacial score (nSPS) is 22.5. The number of nitrogens with zero attached hydrogens (tertiary/aromatic N) is 1. The maximum absolute atomic E-state index is 5.83. The van der Waals surface area contributed by atoms with E-state index in [4.69, 9.17) is 18.0 Å². The summed E-state index contributed by atoms with van der Waals surface area (Å²) in [5.74, 6) is 2.08. The van der Waals surface area contributed by atoms with Gasteiger partial charge in [0.2, 0.25) is 0 Å². The van der Waals surface area contributed by atoms with Crippen LogP contribution in [0.2, 0.25) is 0 Å². The van der Waals surface area contributed by atoms with E-state index < -0.39 is 0 Å². The molecule has 5 heteroatoms. The molecule has 2 heterocycles. The highest BCUT2D eigenvalue weighted by atomic mass is 32.2. The van der Waals surface area contributed by atoms with Crippen molar-refractivity contribution in [2.75, 3.05) is 17.6 Å². The molecule has 104 valence electrons. The fraction of sp³-hybridized carbons (Fsp3) is 0.571. The molecule has 1 fully saturated rings. The summed E-state index contributed by atoms with van der Waals surface area (Å²) in [5.41, 5.74) is 8.79. The number of thioether (sulfide) groups is 1. The predicted octanol–water partition coefficient (Wildman–Crippen LogP) is 3.03. The molecule has 3 N–H and O–H groups in total. The largest absolute Gasteiger partial charge is 0.389 e. The van der Waals surface area contributed by atoms with Crippen LogP contribution in [0.25, 0.3) is 0 Å². The molecule has 0 aromatic carbocycles. The van der Waals surface area contributed by atoms with Crippen molar-refractivity contribution in [3.63, 3.8) is 0 Å². The highest BCUT2D eigenvalue weighted by Gasteiger charge is 2.29. The van der Waals surface area contributed by atoms with E-state index >= 15 is 0 Å². The van der Waals surface area contributed by atoms with Crippen LogP contribution in [0, 0.1) is 13.8 Å². The summed E-state index contributed by atoms with van der Waals surface area (Å²) in [6.07, 6.45) is 2.54. The molecule has 1 atom stereocenters. The number of aryl methyl sites for hydroxylation is 2. The zero-order valence-corrected chi connectivity index (χ0v) is 13.4. The third kappa shape index (κ3) is 3.39. The van der Waals surface area contributed by atoms with Crippen LogP contribution in [0.1, 0.15) is 36.6 Å². The Morgan fingerprint density at radius 3 is 2.89 bits per heavy atom. The topological polar surface area (TPSA) is 50.9 Å². The first kappa shape index (κ1) is 14.6. The van der Waals surface area contributed by atoms with Gasteiger partial charge >= 0.3 is 0 Å². The SMILES string of the molecule is Cc1cc(C)c(C(N)=S)c(NCC2(C)CCCS2)n1. The average molecular weight is 295 g/mol. The summed E-state index contributed by atoms with van der Waals surface area (Å²) in [4.78, 5) is 4.97. The van der Waals surface area contributed by atoms with Crippen molar-refractivity contribution in [3.05, 3.63) is 22.9 Å². The minimum absolute atomic E-state index is 0.298. The number of thiocarbonyl (C=S) groups is 1. The van der Waals surface area contributed by atoms with Crippen LogP contribution in [-0.2, 0) is 0 Å². The Bertz CT molecular complexity index is 494. The maximum atomic E-state index is 5.83. The molecular formula is C14H21N3S2. The molecule has 0 amide bonds. The van der Waals surface area contributed by atoms with E-state index in [0.29, 0.717) is 9.74 Å². The number of pyridine rings is 1. The Morgan fingerprint density at radius 1 is 1.58 bits per heavy atom. The molecule has 1 aliphatic rings. The molecule has 0 radical (unpaired) electrons. The Labute approximate surface area is 124 Å². The van der Waals surface area contributed by atoms with Crippen LogP contribution in [0.4, 0.5) is 5.82 Å². The Morgan fingerprint density at radius 2 is 2.32 bits per heavy atom. The van der Waals surface area contributed by atoms with Crippen LogP contribution >= 0.6 is 24.0 Å². The van der Waals surface area contributed by atoms with E-state index in [1.165, 1.54) is 18.6 Å². The van der Waals surface area contributed by atoms with Crippen LogP contribution in [0.15, 0.2) is 6.07 Å².